The van der Waals surface area contributed by atoms with E-state index in [1.165, 1.54) is 12.1 Å². The number of halogens is 2. The Morgan fingerprint density at radius 1 is 1.14 bits per heavy atom. The lowest BCUT2D eigenvalue weighted by Gasteiger charge is -2.09. The molecule has 0 aliphatic heterocycles. The molecule has 2 aromatic rings. The smallest absolute Gasteiger partial charge is 0.335 e. The topological polar surface area (TPSA) is 83.5 Å². The Kier molecular flexibility index (Phi) is 4.47. The van der Waals surface area contributed by atoms with Gasteiger partial charge in [0, 0.05) is 3.57 Å². The fraction of sp³-hybridized carbons (Fsp3) is 0. The molecule has 0 saturated carbocycles. The molecule has 21 heavy (non-hydrogen) atoms. The van der Waals surface area contributed by atoms with E-state index < -0.39 is 27.5 Å². The molecule has 0 aliphatic rings. The van der Waals surface area contributed by atoms with Gasteiger partial charge in [0.1, 0.15) is 5.82 Å². The second-order valence-electron chi connectivity index (χ2n) is 4.06. The van der Waals surface area contributed by atoms with Crippen LogP contribution in [0, 0.1) is 9.39 Å². The van der Waals surface area contributed by atoms with Crippen molar-refractivity contribution in [3.8, 4) is 0 Å². The minimum Gasteiger partial charge on any atom is -0.478 e. The molecule has 0 spiro atoms. The van der Waals surface area contributed by atoms with Gasteiger partial charge < -0.3 is 5.11 Å². The maximum atomic E-state index is 13.6. The fourth-order valence-electron chi connectivity index (χ4n) is 1.55. The molecule has 0 heterocycles. The van der Waals surface area contributed by atoms with Crippen molar-refractivity contribution in [1.29, 1.82) is 0 Å². The van der Waals surface area contributed by atoms with Crippen molar-refractivity contribution in [3.05, 3.63) is 57.4 Å². The zero-order valence-electron chi connectivity index (χ0n) is 10.4. The summed E-state index contributed by atoms with van der Waals surface area (Å²) in [7, 11) is -3.98. The molecule has 110 valence electrons. The maximum absolute atomic E-state index is 13.6. The highest BCUT2D eigenvalue weighted by atomic mass is 127. The van der Waals surface area contributed by atoms with Crippen LogP contribution < -0.4 is 4.72 Å². The second-order valence-corrected chi connectivity index (χ2v) is 6.99. The van der Waals surface area contributed by atoms with Crippen LogP contribution in [0.1, 0.15) is 10.4 Å². The molecule has 0 aliphatic carbocycles. The highest BCUT2D eigenvalue weighted by Crippen LogP contribution is 2.21. The summed E-state index contributed by atoms with van der Waals surface area (Å²) in [4.78, 5) is 10.8. The van der Waals surface area contributed by atoms with Crippen molar-refractivity contribution in [2.24, 2.45) is 0 Å². The van der Waals surface area contributed by atoms with E-state index in [9.17, 15) is 17.6 Å². The summed E-state index contributed by atoms with van der Waals surface area (Å²) < 4.78 is 40.8. The van der Waals surface area contributed by atoms with Gasteiger partial charge in [-0.3, -0.25) is 4.72 Å². The van der Waals surface area contributed by atoms with Crippen LogP contribution in [0.2, 0.25) is 0 Å². The summed E-state index contributed by atoms with van der Waals surface area (Å²) in [6.45, 7) is 0. The summed E-state index contributed by atoms with van der Waals surface area (Å²) >= 11 is 2.02. The zero-order valence-corrected chi connectivity index (χ0v) is 13.4. The molecule has 0 bridgehead atoms. The second kappa shape index (κ2) is 5.98. The average molecular weight is 421 g/mol. The summed E-state index contributed by atoms with van der Waals surface area (Å²) in [5.41, 5.74) is -0.620. The average Bonchev–Trinajstić information content (AvgIpc) is 2.41. The number of rotatable bonds is 4. The van der Waals surface area contributed by atoms with Gasteiger partial charge in [0.2, 0.25) is 0 Å². The van der Waals surface area contributed by atoms with E-state index in [1.807, 2.05) is 27.3 Å². The number of carboxylic acid groups (broad SMARTS) is 1. The number of hydrogen-bond acceptors (Lipinski definition) is 3. The molecule has 0 atom stereocenters. The van der Waals surface area contributed by atoms with Gasteiger partial charge in [0.05, 0.1) is 16.1 Å². The molecular weight excluding hydrogens is 412 g/mol. The SMILES string of the molecule is O=C(O)c1ccc(F)c(NS(=O)(=O)c2ccc(I)cc2)c1. The van der Waals surface area contributed by atoms with E-state index in [2.05, 4.69) is 0 Å². The van der Waals surface area contributed by atoms with Crippen molar-refractivity contribution in [3.63, 3.8) is 0 Å². The van der Waals surface area contributed by atoms with Crippen molar-refractivity contribution in [2.45, 2.75) is 4.90 Å². The number of anilines is 1. The molecule has 2 rings (SSSR count). The number of carboxylic acids is 1. The lowest BCUT2D eigenvalue weighted by Crippen LogP contribution is -2.14. The first-order valence-electron chi connectivity index (χ1n) is 5.61. The van der Waals surface area contributed by atoms with Gasteiger partial charge in [-0.15, -0.1) is 0 Å². The molecule has 0 saturated heterocycles. The molecule has 0 aromatic heterocycles. The molecular formula is C13H9FINO4S. The lowest BCUT2D eigenvalue weighted by molar-refractivity contribution is 0.0697. The van der Waals surface area contributed by atoms with E-state index in [0.717, 1.165) is 21.8 Å². The van der Waals surface area contributed by atoms with Crippen LogP contribution >= 0.6 is 22.6 Å². The van der Waals surface area contributed by atoms with Crippen LogP contribution in [0.4, 0.5) is 10.1 Å². The van der Waals surface area contributed by atoms with E-state index in [1.54, 1.807) is 12.1 Å². The molecule has 2 N–H and O–H groups in total. The Bertz CT molecular complexity index is 790. The minimum atomic E-state index is -3.98. The largest absolute Gasteiger partial charge is 0.478 e. The Morgan fingerprint density at radius 3 is 2.33 bits per heavy atom. The predicted octanol–water partition coefficient (Wildman–Crippen LogP) is 2.93. The number of hydrogen-bond donors (Lipinski definition) is 2. The van der Waals surface area contributed by atoms with Crippen LogP contribution in [-0.4, -0.2) is 19.5 Å². The first-order chi connectivity index (χ1) is 9.79. The number of sulfonamides is 1. The quantitative estimate of drug-likeness (QED) is 0.744. The van der Waals surface area contributed by atoms with Crippen molar-refractivity contribution >= 4 is 44.3 Å². The third kappa shape index (κ3) is 3.70. The van der Waals surface area contributed by atoms with Crippen molar-refractivity contribution in [2.75, 3.05) is 4.72 Å². The number of benzene rings is 2. The molecule has 0 amide bonds. The summed E-state index contributed by atoms with van der Waals surface area (Å²) in [6.07, 6.45) is 0. The van der Waals surface area contributed by atoms with Crippen molar-refractivity contribution < 1.29 is 22.7 Å². The van der Waals surface area contributed by atoms with Gasteiger partial charge in [-0.25, -0.2) is 17.6 Å². The standard InChI is InChI=1S/C13H9FINO4S/c14-11-6-1-8(13(17)18)7-12(11)16-21(19,20)10-4-2-9(15)3-5-10/h1-7,16H,(H,17,18). The Morgan fingerprint density at radius 2 is 1.76 bits per heavy atom. The summed E-state index contributed by atoms with van der Waals surface area (Å²) in [6, 6.07) is 8.84. The Labute approximate surface area is 134 Å². The highest BCUT2D eigenvalue weighted by molar-refractivity contribution is 14.1. The molecule has 0 fully saturated rings. The van der Waals surface area contributed by atoms with Gasteiger partial charge in [0.25, 0.3) is 10.0 Å². The van der Waals surface area contributed by atoms with E-state index in [4.69, 9.17) is 5.11 Å². The Balaban J connectivity index is 2.38. The summed E-state index contributed by atoms with van der Waals surface area (Å²) in [5.74, 6) is -2.13. The van der Waals surface area contributed by atoms with E-state index >= 15 is 0 Å². The first kappa shape index (κ1) is 15.7. The van der Waals surface area contributed by atoms with Gasteiger partial charge in [-0.2, -0.15) is 0 Å². The fourth-order valence-corrected chi connectivity index (χ4v) is 2.97. The predicted molar refractivity (Wildman–Crippen MR) is 83.3 cm³/mol. The molecule has 0 unspecified atom stereocenters. The lowest BCUT2D eigenvalue weighted by atomic mass is 10.2. The van der Waals surface area contributed by atoms with E-state index in [-0.39, 0.29) is 10.5 Å². The van der Waals surface area contributed by atoms with E-state index in [0.29, 0.717) is 0 Å². The van der Waals surface area contributed by atoms with Gasteiger partial charge in [-0.05, 0) is 65.1 Å². The van der Waals surface area contributed by atoms with Gasteiger partial charge in [-0.1, -0.05) is 0 Å². The molecule has 2 aromatic carbocycles. The summed E-state index contributed by atoms with van der Waals surface area (Å²) in [5, 5.41) is 8.85. The minimum absolute atomic E-state index is 0.0388. The molecule has 0 radical (unpaired) electrons. The number of aromatic carboxylic acids is 1. The van der Waals surface area contributed by atoms with Crippen molar-refractivity contribution in [1.82, 2.24) is 0 Å². The number of nitrogens with one attached hydrogen (secondary N) is 1. The number of carbonyl (C=O) groups is 1. The van der Waals surface area contributed by atoms with Crippen LogP contribution in [-0.2, 0) is 10.0 Å². The maximum Gasteiger partial charge on any atom is 0.335 e. The first-order valence-corrected chi connectivity index (χ1v) is 8.17. The van der Waals surface area contributed by atoms with Gasteiger partial charge >= 0.3 is 5.97 Å². The highest BCUT2D eigenvalue weighted by Gasteiger charge is 2.17. The van der Waals surface area contributed by atoms with Crippen LogP contribution in [0.5, 0.6) is 0 Å². The monoisotopic (exact) mass is 421 g/mol. The van der Waals surface area contributed by atoms with Crippen LogP contribution in [0.25, 0.3) is 0 Å². The normalized spacial score (nSPS) is 11.1. The van der Waals surface area contributed by atoms with Gasteiger partial charge in [0.15, 0.2) is 0 Å². The third-order valence-corrected chi connectivity index (χ3v) is 4.68. The zero-order chi connectivity index (χ0) is 15.6. The third-order valence-electron chi connectivity index (χ3n) is 2.58. The van der Waals surface area contributed by atoms with Crippen LogP contribution in [0.3, 0.4) is 0 Å². The molecule has 8 heteroatoms. The Hall–Kier alpha value is -1.68. The van der Waals surface area contributed by atoms with Crippen LogP contribution in [0.15, 0.2) is 47.4 Å². The molecule has 5 nitrogen and oxygen atoms in total.